The van der Waals surface area contributed by atoms with Crippen LogP contribution in [-0.4, -0.2) is 37.1 Å². The number of nitrogens with one attached hydrogen (secondary N) is 1. The number of ketones is 1. The van der Waals surface area contributed by atoms with E-state index in [0.717, 1.165) is 11.3 Å². The molecule has 0 saturated heterocycles. The number of carbonyl (C=O) groups excluding carboxylic acids is 1. The lowest BCUT2D eigenvalue weighted by atomic mass is 10.1. The predicted molar refractivity (Wildman–Crippen MR) is 106 cm³/mol. The van der Waals surface area contributed by atoms with E-state index in [1.807, 2.05) is 56.3 Å². The zero-order valence-electron chi connectivity index (χ0n) is 15.0. The largest absolute Gasteiger partial charge is 0.334 e. The molecule has 9 heteroatoms. The topological polar surface area (TPSA) is 111 Å². The SMILES string of the molecule is C/C(=N\Nc1nnc(SCC(=O)c2ccc(C)cc2)n1N)c1ccccn1. The van der Waals surface area contributed by atoms with E-state index in [1.165, 1.54) is 16.4 Å². The number of hydrogen-bond donors (Lipinski definition) is 2. The summed E-state index contributed by atoms with van der Waals surface area (Å²) in [4.78, 5) is 16.5. The third-order valence-corrected chi connectivity index (χ3v) is 4.67. The Morgan fingerprint density at radius 3 is 2.70 bits per heavy atom. The fourth-order valence-corrected chi connectivity index (χ4v) is 2.92. The zero-order chi connectivity index (χ0) is 19.2. The maximum Gasteiger partial charge on any atom is 0.264 e. The monoisotopic (exact) mass is 381 g/mol. The minimum atomic E-state index is 0.00141. The Balaban J connectivity index is 1.61. The highest BCUT2D eigenvalue weighted by Crippen LogP contribution is 2.18. The van der Waals surface area contributed by atoms with Gasteiger partial charge >= 0.3 is 0 Å². The van der Waals surface area contributed by atoms with Gasteiger partial charge in [0.25, 0.3) is 5.95 Å². The number of Topliss-reactive ketones (excluding diaryl/α,β-unsaturated/α-hetero) is 1. The maximum atomic E-state index is 12.3. The molecular formula is C18H19N7OS. The molecule has 0 atom stereocenters. The number of nitrogens with zero attached hydrogens (tertiary/aromatic N) is 5. The van der Waals surface area contributed by atoms with E-state index < -0.39 is 0 Å². The van der Waals surface area contributed by atoms with E-state index in [9.17, 15) is 4.79 Å². The second kappa shape index (κ2) is 8.45. The van der Waals surface area contributed by atoms with Gasteiger partial charge in [0, 0.05) is 11.8 Å². The summed E-state index contributed by atoms with van der Waals surface area (Å²) in [6, 6.07) is 13.0. The molecule has 138 valence electrons. The smallest absolute Gasteiger partial charge is 0.264 e. The normalized spacial score (nSPS) is 11.4. The molecule has 2 aromatic heterocycles. The summed E-state index contributed by atoms with van der Waals surface area (Å²) in [5.74, 6) is 6.48. The van der Waals surface area contributed by atoms with Gasteiger partial charge in [0.15, 0.2) is 5.78 Å². The molecule has 0 radical (unpaired) electrons. The van der Waals surface area contributed by atoms with Gasteiger partial charge in [0.2, 0.25) is 5.16 Å². The van der Waals surface area contributed by atoms with Crippen molar-refractivity contribution in [3.05, 3.63) is 65.5 Å². The van der Waals surface area contributed by atoms with Crippen LogP contribution in [0.25, 0.3) is 0 Å². The van der Waals surface area contributed by atoms with E-state index in [4.69, 9.17) is 5.84 Å². The summed E-state index contributed by atoms with van der Waals surface area (Å²) in [6.45, 7) is 3.80. The van der Waals surface area contributed by atoms with Crippen LogP contribution in [0, 0.1) is 6.92 Å². The van der Waals surface area contributed by atoms with Gasteiger partial charge in [0.1, 0.15) is 0 Å². The molecule has 0 aliphatic carbocycles. The molecule has 0 unspecified atom stereocenters. The van der Waals surface area contributed by atoms with Crippen LogP contribution in [0.2, 0.25) is 0 Å². The summed E-state index contributed by atoms with van der Waals surface area (Å²) >= 11 is 1.22. The second-order valence-electron chi connectivity index (χ2n) is 5.78. The number of aromatic nitrogens is 4. The molecule has 3 N–H and O–H groups in total. The van der Waals surface area contributed by atoms with Crippen molar-refractivity contribution in [3.8, 4) is 0 Å². The van der Waals surface area contributed by atoms with Crippen LogP contribution in [0.15, 0.2) is 58.9 Å². The van der Waals surface area contributed by atoms with Crippen molar-refractivity contribution in [1.82, 2.24) is 19.9 Å². The van der Waals surface area contributed by atoms with E-state index in [0.29, 0.717) is 16.4 Å². The van der Waals surface area contributed by atoms with Crippen LogP contribution >= 0.6 is 11.8 Å². The quantitative estimate of drug-likeness (QED) is 0.213. The van der Waals surface area contributed by atoms with Crippen molar-refractivity contribution in [3.63, 3.8) is 0 Å². The van der Waals surface area contributed by atoms with Gasteiger partial charge in [-0.15, -0.1) is 10.2 Å². The summed E-state index contributed by atoms with van der Waals surface area (Å²) in [5, 5.41) is 12.6. The molecule has 1 aromatic carbocycles. The highest BCUT2D eigenvalue weighted by Gasteiger charge is 2.13. The third-order valence-electron chi connectivity index (χ3n) is 3.73. The Bertz CT molecular complexity index is 952. The number of hydrazone groups is 1. The molecule has 27 heavy (non-hydrogen) atoms. The van der Waals surface area contributed by atoms with Crippen molar-refractivity contribution >= 4 is 29.2 Å². The molecule has 8 nitrogen and oxygen atoms in total. The number of benzene rings is 1. The Labute approximate surface area is 160 Å². The Morgan fingerprint density at radius 2 is 2.00 bits per heavy atom. The molecule has 0 amide bonds. The number of nitrogen functional groups attached to an aromatic ring is 1. The second-order valence-corrected chi connectivity index (χ2v) is 6.72. The van der Waals surface area contributed by atoms with Crippen LogP contribution in [0.1, 0.15) is 28.5 Å². The number of anilines is 1. The first kappa shape index (κ1) is 18.6. The van der Waals surface area contributed by atoms with Crippen LogP contribution in [0.5, 0.6) is 0 Å². The van der Waals surface area contributed by atoms with Crippen molar-refractivity contribution in [1.29, 1.82) is 0 Å². The number of rotatable bonds is 7. The van der Waals surface area contributed by atoms with Crippen molar-refractivity contribution in [2.24, 2.45) is 5.10 Å². The number of pyridine rings is 1. The van der Waals surface area contributed by atoms with Crippen molar-refractivity contribution < 1.29 is 4.79 Å². The predicted octanol–water partition coefficient (Wildman–Crippen LogP) is 2.51. The number of thioether (sulfide) groups is 1. The van der Waals surface area contributed by atoms with E-state index in [1.54, 1.807) is 6.20 Å². The van der Waals surface area contributed by atoms with Crippen LogP contribution in [0.4, 0.5) is 5.95 Å². The fourth-order valence-electron chi connectivity index (χ4n) is 2.17. The summed E-state index contributed by atoms with van der Waals surface area (Å²) in [7, 11) is 0. The highest BCUT2D eigenvalue weighted by molar-refractivity contribution is 7.99. The molecule has 0 spiro atoms. The van der Waals surface area contributed by atoms with Crippen LogP contribution in [-0.2, 0) is 0 Å². The summed E-state index contributed by atoms with van der Waals surface area (Å²) in [6.07, 6.45) is 1.69. The van der Waals surface area contributed by atoms with Gasteiger partial charge in [-0.25, -0.2) is 10.1 Å². The van der Waals surface area contributed by atoms with Gasteiger partial charge in [-0.05, 0) is 26.0 Å². The number of nitrogens with two attached hydrogens (primary N) is 1. The van der Waals surface area contributed by atoms with Gasteiger partial charge in [-0.1, -0.05) is 47.7 Å². The number of hydrogen-bond acceptors (Lipinski definition) is 8. The van der Waals surface area contributed by atoms with Gasteiger partial charge in [0.05, 0.1) is 17.2 Å². The minimum Gasteiger partial charge on any atom is -0.334 e. The van der Waals surface area contributed by atoms with Gasteiger partial charge in [-0.3, -0.25) is 9.78 Å². The van der Waals surface area contributed by atoms with Crippen LogP contribution < -0.4 is 11.3 Å². The molecule has 2 heterocycles. The third kappa shape index (κ3) is 4.70. The van der Waals surface area contributed by atoms with E-state index in [2.05, 4.69) is 25.7 Å². The number of carbonyl (C=O) groups is 1. The molecule has 0 bridgehead atoms. The van der Waals surface area contributed by atoms with Crippen molar-refractivity contribution in [2.75, 3.05) is 17.0 Å². The average Bonchev–Trinajstić information content (AvgIpc) is 3.05. The molecule has 0 fully saturated rings. The molecule has 0 aliphatic heterocycles. The zero-order valence-corrected chi connectivity index (χ0v) is 15.8. The standard InChI is InChI=1S/C18H19N7OS/c1-12-6-8-14(9-7-12)16(26)11-27-18-24-23-17(25(18)19)22-21-13(2)15-5-3-4-10-20-15/h3-10H,11,19H2,1-2H3,(H,22,23)/b21-13+. The molecule has 3 aromatic rings. The Kier molecular flexibility index (Phi) is 5.82. The summed E-state index contributed by atoms with van der Waals surface area (Å²) < 4.78 is 1.27. The van der Waals surface area contributed by atoms with Crippen LogP contribution in [0.3, 0.4) is 0 Å². The molecule has 0 saturated carbocycles. The Hall–Kier alpha value is -3.20. The minimum absolute atomic E-state index is 0.00141. The lowest BCUT2D eigenvalue weighted by Gasteiger charge is -2.04. The first-order chi connectivity index (χ1) is 13.0. The van der Waals surface area contributed by atoms with E-state index >= 15 is 0 Å². The fraction of sp³-hybridized carbons (Fsp3) is 0.167. The lowest BCUT2D eigenvalue weighted by molar-refractivity contribution is 0.102. The van der Waals surface area contributed by atoms with Crippen molar-refractivity contribution in [2.45, 2.75) is 19.0 Å². The first-order valence-electron chi connectivity index (χ1n) is 8.19. The Morgan fingerprint density at radius 1 is 1.22 bits per heavy atom. The first-order valence-corrected chi connectivity index (χ1v) is 9.18. The number of aryl methyl sites for hydroxylation is 1. The molecule has 0 aliphatic rings. The van der Waals surface area contributed by atoms with Gasteiger partial charge in [-0.2, -0.15) is 5.10 Å². The summed E-state index contributed by atoms with van der Waals surface area (Å²) in [5.41, 5.74) is 5.96. The molecular weight excluding hydrogens is 362 g/mol. The van der Waals surface area contributed by atoms with Gasteiger partial charge < -0.3 is 5.84 Å². The lowest BCUT2D eigenvalue weighted by Crippen LogP contribution is -2.14. The maximum absolute atomic E-state index is 12.3. The average molecular weight is 381 g/mol. The van der Waals surface area contributed by atoms with E-state index in [-0.39, 0.29) is 17.5 Å². The highest BCUT2D eigenvalue weighted by atomic mass is 32.2. The molecule has 3 rings (SSSR count).